The Morgan fingerprint density at radius 2 is 1.81 bits per heavy atom. The van der Waals surface area contributed by atoms with Crippen molar-refractivity contribution in [3.05, 3.63) is 89.0 Å². The molecule has 5 nitrogen and oxygen atoms in total. The molecule has 0 aromatic heterocycles. The predicted molar refractivity (Wildman–Crippen MR) is 126 cm³/mol. The second kappa shape index (κ2) is 8.86. The summed E-state index contributed by atoms with van der Waals surface area (Å²) >= 11 is 1.61. The molecule has 0 saturated carbocycles. The monoisotopic (exact) mass is 432 g/mol. The van der Waals surface area contributed by atoms with Crippen LogP contribution in [0.15, 0.2) is 66.7 Å². The average molecular weight is 433 g/mol. The molecule has 1 heterocycles. The van der Waals surface area contributed by atoms with Crippen molar-refractivity contribution in [2.45, 2.75) is 19.2 Å². The van der Waals surface area contributed by atoms with Crippen LogP contribution in [0.1, 0.15) is 32.4 Å². The summed E-state index contributed by atoms with van der Waals surface area (Å²) < 4.78 is 5.18. The molecule has 0 aliphatic carbocycles. The van der Waals surface area contributed by atoms with Crippen LogP contribution in [0.25, 0.3) is 0 Å². The molecule has 0 radical (unpaired) electrons. The fourth-order valence-electron chi connectivity index (χ4n) is 3.52. The normalized spacial score (nSPS) is 15.8. The zero-order valence-corrected chi connectivity index (χ0v) is 18.5. The summed E-state index contributed by atoms with van der Waals surface area (Å²) in [5.41, 5.74) is 5.53. The second-order valence-corrected chi connectivity index (χ2v) is 8.57. The number of carbonyl (C=O) groups is 2. The lowest BCUT2D eigenvalue weighted by Crippen LogP contribution is -2.27. The van der Waals surface area contributed by atoms with Gasteiger partial charge < -0.3 is 10.1 Å². The summed E-state index contributed by atoms with van der Waals surface area (Å²) in [5, 5.41) is 2.83. The Balaban J connectivity index is 1.52. The number of amides is 2. The molecule has 1 N–H and O–H groups in total. The van der Waals surface area contributed by atoms with Crippen molar-refractivity contribution in [3.63, 3.8) is 0 Å². The maximum Gasteiger partial charge on any atom is 0.255 e. The van der Waals surface area contributed by atoms with Crippen molar-refractivity contribution >= 4 is 35.0 Å². The minimum Gasteiger partial charge on any atom is -0.497 e. The number of rotatable bonds is 5. The van der Waals surface area contributed by atoms with Gasteiger partial charge in [0, 0.05) is 16.9 Å². The number of anilines is 2. The lowest BCUT2D eigenvalue weighted by Gasteiger charge is -2.25. The summed E-state index contributed by atoms with van der Waals surface area (Å²) in [6.07, 6.45) is 0. The maximum atomic E-state index is 12.6. The predicted octanol–water partition coefficient (Wildman–Crippen LogP) is 5.34. The van der Waals surface area contributed by atoms with Gasteiger partial charge in [-0.1, -0.05) is 24.3 Å². The van der Waals surface area contributed by atoms with Gasteiger partial charge in [-0.15, -0.1) is 11.8 Å². The van der Waals surface area contributed by atoms with Crippen molar-refractivity contribution in [2.75, 3.05) is 23.1 Å². The van der Waals surface area contributed by atoms with Gasteiger partial charge in [-0.2, -0.15) is 0 Å². The highest BCUT2D eigenvalue weighted by atomic mass is 32.2. The van der Waals surface area contributed by atoms with Crippen LogP contribution >= 0.6 is 11.8 Å². The zero-order chi connectivity index (χ0) is 22.0. The van der Waals surface area contributed by atoms with Crippen LogP contribution in [0.5, 0.6) is 5.75 Å². The van der Waals surface area contributed by atoms with Gasteiger partial charge >= 0.3 is 0 Å². The van der Waals surface area contributed by atoms with E-state index in [1.54, 1.807) is 43.1 Å². The Hall–Kier alpha value is -3.25. The second-order valence-electron chi connectivity index (χ2n) is 7.50. The first-order valence-corrected chi connectivity index (χ1v) is 11.1. The van der Waals surface area contributed by atoms with E-state index in [9.17, 15) is 9.59 Å². The molecule has 3 aromatic rings. The molecule has 1 fully saturated rings. The molecule has 1 aliphatic rings. The van der Waals surface area contributed by atoms with E-state index in [4.69, 9.17) is 4.74 Å². The third-order valence-corrected chi connectivity index (χ3v) is 6.63. The van der Waals surface area contributed by atoms with E-state index < -0.39 is 0 Å². The summed E-state index contributed by atoms with van der Waals surface area (Å²) in [6.45, 7) is 4.12. The molecule has 158 valence electrons. The lowest BCUT2D eigenvalue weighted by atomic mass is 10.1. The van der Waals surface area contributed by atoms with Gasteiger partial charge in [-0.05, 0) is 73.0 Å². The topological polar surface area (TPSA) is 58.6 Å². The number of methoxy groups -OCH3 is 1. The van der Waals surface area contributed by atoms with Crippen molar-refractivity contribution in [1.82, 2.24) is 0 Å². The first kappa shape index (κ1) is 21.0. The van der Waals surface area contributed by atoms with Crippen LogP contribution in [0, 0.1) is 13.8 Å². The largest absolute Gasteiger partial charge is 0.497 e. The summed E-state index contributed by atoms with van der Waals surface area (Å²) in [4.78, 5) is 27.0. The van der Waals surface area contributed by atoms with E-state index in [-0.39, 0.29) is 17.2 Å². The molecule has 1 atom stereocenters. The quantitative estimate of drug-likeness (QED) is 0.591. The van der Waals surface area contributed by atoms with Gasteiger partial charge in [0.1, 0.15) is 11.1 Å². The molecule has 0 bridgehead atoms. The van der Waals surface area contributed by atoms with E-state index in [0.717, 1.165) is 16.8 Å². The van der Waals surface area contributed by atoms with Crippen LogP contribution in [0.3, 0.4) is 0 Å². The summed E-state index contributed by atoms with van der Waals surface area (Å²) in [5.74, 6) is 0.992. The van der Waals surface area contributed by atoms with E-state index in [0.29, 0.717) is 22.8 Å². The van der Waals surface area contributed by atoms with Gasteiger partial charge in [0.05, 0.1) is 12.9 Å². The average Bonchev–Trinajstić information content (AvgIpc) is 3.17. The van der Waals surface area contributed by atoms with Gasteiger partial charge in [0.15, 0.2) is 0 Å². The molecular weight excluding hydrogens is 408 g/mol. The van der Waals surface area contributed by atoms with Crippen LogP contribution in [0.2, 0.25) is 0 Å². The maximum absolute atomic E-state index is 12.6. The molecular formula is C25H24N2O3S. The highest BCUT2D eigenvalue weighted by Crippen LogP contribution is 2.42. The third-order valence-electron chi connectivity index (χ3n) is 5.42. The van der Waals surface area contributed by atoms with E-state index in [1.165, 1.54) is 5.56 Å². The number of aryl methyl sites for hydroxylation is 2. The minimum absolute atomic E-state index is 0.0854. The number of hydrogen-bond acceptors (Lipinski definition) is 4. The van der Waals surface area contributed by atoms with Crippen LogP contribution < -0.4 is 15.0 Å². The number of benzene rings is 3. The number of thioether (sulfide) groups is 1. The smallest absolute Gasteiger partial charge is 0.255 e. The number of carbonyl (C=O) groups excluding carboxylic acids is 2. The molecule has 2 amide bonds. The number of ether oxygens (including phenoxy) is 1. The van der Waals surface area contributed by atoms with Gasteiger partial charge in [0.2, 0.25) is 5.91 Å². The minimum atomic E-state index is -0.200. The van der Waals surface area contributed by atoms with Crippen LogP contribution in [0.4, 0.5) is 11.4 Å². The van der Waals surface area contributed by atoms with Crippen molar-refractivity contribution in [1.29, 1.82) is 0 Å². The molecule has 3 aromatic carbocycles. The Kier molecular flexibility index (Phi) is 6.00. The molecule has 1 saturated heterocycles. The van der Waals surface area contributed by atoms with Crippen LogP contribution in [-0.4, -0.2) is 24.7 Å². The highest BCUT2D eigenvalue weighted by molar-refractivity contribution is 8.00. The van der Waals surface area contributed by atoms with E-state index in [2.05, 4.69) is 31.3 Å². The first-order valence-electron chi connectivity index (χ1n) is 10.0. The molecule has 1 aliphatic heterocycles. The first-order chi connectivity index (χ1) is 15.0. The SMILES string of the molecule is COc1cccc(C(=O)Nc2ccc([C@@H]3SCC(=O)N3c3ccc(C)c(C)c3)cc2)c1. The van der Waals surface area contributed by atoms with Crippen molar-refractivity contribution < 1.29 is 14.3 Å². The Morgan fingerprint density at radius 3 is 2.52 bits per heavy atom. The number of nitrogens with zero attached hydrogens (tertiary/aromatic N) is 1. The summed E-state index contributed by atoms with van der Waals surface area (Å²) in [6, 6.07) is 20.8. The molecule has 0 spiro atoms. The fraction of sp³-hybridized carbons (Fsp3) is 0.200. The highest BCUT2D eigenvalue weighted by Gasteiger charge is 2.34. The summed E-state index contributed by atoms with van der Waals surface area (Å²) in [7, 11) is 1.57. The van der Waals surface area contributed by atoms with E-state index in [1.807, 2.05) is 35.2 Å². The molecule has 6 heteroatoms. The zero-order valence-electron chi connectivity index (χ0n) is 17.7. The Labute approximate surface area is 186 Å². The van der Waals surface area contributed by atoms with Crippen molar-refractivity contribution in [3.8, 4) is 5.75 Å². The third kappa shape index (κ3) is 4.44. The number of hydrogen-bond donors (Lipinski definition) is 1. The van der Waals surface area contributed by atoms with Crippen molar-refractivity contribution in [2.24, 2.45) is 0 Å². The van der Waals surface area contributed by atoms with Gasteiger partial charge in [-0.3, -0.25) is 14.5 Å². The Morgan fingerprint density at radius 1 is 1.03 bits per heavy atom. The lowest BCUT2D eigenvalue weighted by molar-refractivity contribution is -0.115. The van der Waals surface area contributed by atoms with Gasteiger partial charge in [0.25, 0.3) is 5.91 Å². The van der Waals surface area contributed by atoms with Crippen LogP contribution in [-0.2, 0) is 4.79 Å². The standard InChI is InChI=1S/C25H24N2O3S/c1-16-7-12-21(13-17(16)2)27-23(28)15-31-25(27)18-8-10-20(11-9-18)26-24(29)19-5-4-6-22(14-19)30-3/h4-14,25H,15H2,1-3H3,(H,26,29)/t25-/m0/s1. The molecule has 31 heavy (non-hydrogen) atoms. The van der Waals surface area contributed by atoms with Gasteiger partial charge in [-0.25, -0.2) is 0 Å². The Bertz CT molecular complexity index is 1130. The fourth-order valence-corrected chi connectivity index (χ4v) is 4.70. The molecule has 4 rings (SSSR count). The van der Waals surface area contributed by atoms with E-state index >= 15 is 0 Å². The molecule has 0 unspecified atom stereocenters. The number of nitrogens with one attached hydrogen (secondary N) is 1.